The minimum Gasteiger partial charge on any atom is -0.291 e. The molecule has 0 saturated heterocycles. The van der Waals surface area contributed by atoms with Crippen LogP contribution in [0.4, 0.5) is 8.78 Å². The summed E-state index contributed by atoms with van der Waals surface area (Å²) in [5.74, 6) is -1.37. The Balaban J connectivity index is 2.80. The van der Waals surface area contributed by atoms with Crippen molar-refractivity contribution >= 4 is 18.9 Å². The van der Waals surface area contributed by atoms with Crippen molar-refractivity contribution in [1.82, 2.24) is 0 Å². The predicted molar refractivity (Wildman–Crippen MR) is 53.1 cm³/mol. The summed E-state index contributed by atoms with van der Waals surface area (Å²) in [4.78, 5) is 10.3. The lowest BCUT2D eigenvalue weighted by Crippen LogP contribution is -2.08. The van der Waals surface area contributed by atoms with E-state index in [9.17, 15) is 13.6 Å². The Morgan fingerprint density at radius 1 is 1.29 bits per heavy atom. The molecular weight excluding hydrogens is 206 g/mol. The van der Waals surface area contributed by atoms with Crippen LogP contribution in [0.2, 0.25) is 0 Å². The maximum atomic E-state index is 12.7. The van der Waals surface area contributed by atoms with Gasteiger partial charge in [-0.15, -0.1) is 0 Å². The summed E-state index contributed by atoms with van der Waals surface area (Å²) in [5.41, 5.74) is 0.449. The number of benzene rings is 1. The molecule has 1 aromatic rings. The van der Waals surface area contributed by atoms with E-state index in [-0.39, 0.29) is 6.42 Å². The van der Waals surface area contributed by atoms with Crippen LogP contribution in [0.25, 0.3) is 0 Å². The van der Waals surface area contributed by atoms with Gasteiger partial charge in [0.05, 0.1) is 0 Å². The van der Waals surface area contributed by atoms with E-state index in [1.54, 1.807) is 6.29 Å². The Kier molecular flexibility index (Phi) is 4.07. The van der Waals surface area contributed by atoms with Crippen LogP contribution in [0.15, 0.2) is 18.2 Å². The summed E-state index contributed by atoms with van der Waals surface area (Å²) in [6, 6.07) is 3.21. The SMILES string of the molecule is O=[C]C(CS)Cc1cc(F)cc(F)c1. The molecule has 1 aromatic carbocycles. The molecule has 1 unspecified atom stereocenters. The minimum absolute atomic E-state index is 0.266. The zero-order valence-electron chi connectivity index (χ0n) is 7.34. The maximum absolute atomic E-state index is 12.7. The van der Waals surface area contributed by atoms with E-state index in [4.69, 9.17) is 0 Å². The zero-order valence-corrected chi connectivity index (χ0v) is 8.23. The topological polar surface area (TPSA) is 17.1 Å². The molecule has 0 aliphatic heterocycles. The van der Waals surface area contributed by atoms with Gasteiger partial charge in [0.1, 0.15) is 11.6 Å². The normalized spacial score (nSPS) is 12.5. The molecule has 0 bridgehead atoms. The van der Waals surface area contributed by atoms with Crippen LogP contribution in [0, 0.1) is 17.6 Å². The third kappa shape index (κ3) is 3.10. The van der Waals surface area contributed by atoms with E-state index >= 15 is 0 Å². The zero-order chi connectivity index (χ0) is 10.6. The maximum Gasteiger partial charge on any atom is 0.202 e. The van der Waals surface area contributed by atoms with Gasteiger partial charge in [-0.2, -0.15) is 12.6 Å². The van der Waals surface area contributed by atoms with Crippen molar-refractivity contribution < 1.29 is 13.6 Å². The van der Waals surface area contributed by atoms with E-state index in [0.29, 0.717) is 11.3 Å². The Labute approximate surface area is 86.5 Å². The van der Waals surface area contributed by atoms with Crippen LogP contribution in [0.5, 0.6) is 0 Å². The van der Waals surface area contributed by atoms with Gasteiger partial charge in [-0.3, -0.25) is 4.79 Å². The molecular formula is C10H9F2OS. The van der Waals surface area contributed by atoms with Gasteiger partial charge < -0.3 is 0 Å². The highest BCUT2D eigenvalue weighted by Crippen LogP contribution is 2.12. The summed E-state index contributed by atoms with van der Waals surface area (Å²) < 4.78 is 25.5. The smallest absolute Gasteiger partial charge is 0.202 e. The lowest BCUT2D eigenvalue weighted by Gasteiger charge is -2.05. The average molecular weight is 215 g/mol. The number of hydrogen-bond acceptors (Lipinski definition) is 2. The average Bonchev–Trinajstić information content (AvgIpc) is 2.12. The number of thiol groups is 1. The van der Waals surface area contributed by atoms with Gasteiger partial charge in [-0.1, -0.05) is 0 Å². The Morgan fingerprint density at radius 3 is 2.29 bits per heavy atom. The fraction of sp³-hybridized carbons (Fsp3) is 0.300. The van der Waals surface area contributed by atoms with Crippen LogP contribution in [-0.4, -0.2) is 12.0 Å². The molecule has 1 nitrogen and oxygen atoms in total. The molecule has 0 aliphatic rings. The molecule has 0 N–H and O–H groups in total. The van der Waals surface area contributed by atoms with Crippen molar-refractivity contribution in [2.24, 2.45) is 5.92 Å². The summed E-state index contributed by atoms with van der Waals surface area (Å²) in [6.07, 6.45) is 2.03. The second kappa shape index (κ2) is 5.10. The summed E-state index contributed by atoms with van der Waals surface area (Å²) in [7, 11) is 0. The van der Waals surface area contributed by atoms with E-state index in [1.807, 2.05) is 0 Å². The van der Waals surface area contributed by atoms with Crippen molar-refractivity contribution in [2.45, 2.75) is 6.42 Å². The second-order valence-electron chi connectivity index (χ2n) is 2.98. The molecule has 14 heavy (non-hydrogen) atoms. The molecule has 1 atom stereocenters. The molecule has 0 amide bonds. The van der Waals surface area contributed by atoms with Crippen molar-refractivity contribution in [2.75, 3.05) is 5.75 Å². The van der Waals surface area contributed by atoms with Crippen LogP contribution in [-0.2, 0) is 11.2 Å². The molecule has 0 fully saturated rings. The highest BCUT2D eigenvalue weighted by atomic mass is 32.1. The molecule has 0 saturated carbocycles. The molecule has 4 heteroatoms. The first-order valence-electron chi connectivity index (χ1n) is 4.09. The highest BCUT2D eigenvalue weighted by Gasteiger charge is 2.09. The highest BCUT2D eigenvalue weighted by molar-refractivity contribution is 7.80. The minimum atomic E-state index is -0.635. The van der Waals surface area contributed by atoms with Gasteiger partial charge in [0.25, 0.3) is 0 Å². The fourth-order valence-electron chi connectivity index (χ4n) is 1.16. The molecule has 75 valence electrons. The standard InChI is InChI=1S/C10H9F2OS/c11-9-2-7(3-10(12)4-9)1-8(5-13)6-14/h2-4,8,14H,1,6H2. The predicted octanol–water partition coefficient (Wildman–Crippen LogP) is 2.16. The number of rotatable bonds is 4. The number of halogens is 2. The first kappa shape index (κ1) is 11.2. The van der Waals surface area contributed by atoms with Crippen molar-refractivity contribution in [3.05, 3.63) is 35.4 Å². The Hall–Kier alpha value is -0.900. The van der Waals surface area contributed by atoms with Crippen LogP contribution in [0.1, 0.15) is 5.56 Å². The van der Waals surface area contributed by atoms with Gasteiger partial charge in [-0.25, -0.2) is 8.78 Å². The first-order valence-corrected chi connectivity index (χ1v) is 4.72. The van der Waals surface area contributed by atoms with E-state index in [1.165, 1.54) is 12.1 Å². The van der Waals surface area contributed by atoms with Gasteiger partial charge in [0.2, 0.25) is 6.29 Å². The van der Waals surface area contributed by atoms with Gasteiger partial charge >= 0.3 is 0 Å². The lowest BCUT2D eigenvalue weighted by molar-refractivity contribution is 0.528. The molecule has 0 aliphatic carbocycles. The van der Waals surface area contributed by atoms with Gasteiger partial charge in [0, 0.05) is 17.7 Å². The largest absolute Gasteiger partial charge is 0.291 e. The lowest BCUT2D eigenvalue weighted by atomic mass is 10.0. The molecule has 1 rings (SSSR count). The van der Waals surface area contributed by atoms with Gasteiger partial charge in [-0.05, 0) is 24.1 Å². The van der Waals surface area contributed by atoms with E-state index in [0.717, 1.165) is 6.07 Å². The van der Waals surface area contributed by atoms with Gasteiger partial charge in [0.15, 0.2) is 0 Å². The fourth-order valence-corrected chi connectivity index (χ4v) is 1.36. The molecule has 0 spiro atoms. The third-order valence-electron chi connectivity index (χ3n) is 1.79. The molecule has 0 aromatic heterocycles. The summed E-state index contributed by atoms with van der Waals surface area (Å²) in [6.45, 7) is 0. The van der Waals surface area contributed by atoms with Crippen molar-refractivity contribution in [3.63, 3.8) is 0 Å². The monoisotopic (exact) mass is 215 g/mol. The summed E-state index contributed by atoms with van der Waals surface area (Å²) in [5, 5.41) is 0. The quantitative estimate of drug-likeness (QED) is 0.762. The molecule has 0 heterocycles. The van der Waals surface area contributed by atoms with Crippen LogP contribution in [0.3, 0.4) is 0 Å². The summed E-state index contributed by atoms with van der Waals surface area (Å²) >= 11 is 3.93. The molecule has 1 radical (unpaired) electrons. The van der Waals surface area contributed by atoms with Crippen LogP contribution >= 0.6 is 12.6 Å². The van der Waals surface area contributed by atoms with Crippen molar-refractivity contribution in [3.8, 4) is 0 Å². The number of carbonyl (C=O) groups excluding carboxylic acids is 1. The van der Waals surface area contributed by atoms with Crippen molar-refractivity contribution in [1.29, 1.82) is 0 Å². The number of hydrogen-bond donors (Lipinski definition) is 1. The Bertz CT molecular complexity index is 308. The Morgan fingerprint density at radius 2 is 1.86 bits per heavy atom. The van der Waals surface area contributed by atoms with E-state index < -0.39 is 17.6 Å². The third-order valence-corrected chi connectivity index (χ3v) is 2.23. The first-order chi connectivity index (χ1) is 6.65. The van der Waals surface area contributed by atoms with Crippen LogP contribution < -0.4 is 0 Å². The van der Waals surface area contributed by atoms with E-state index in [2.05, 4.69) is 12.6 Å². The second-order valence-corrected chi connectivity index (χ2v) is 3.34.